The van der Waals surface area contributed by atoms with Gasteiger partial charge >= 0.3 is 6.03 Å². The molecule has 3 aromatic rings. The van der Waals surface area contributed by atoms with Crippen LogP contribution in [0.15, 0.2) is 48.8 Å². The zero-order chi connectivity index (χ0) is 26.2. The van der Waals surface area contributed by atoms with Gasteiger partial charge in [-0.05, 0) is 57.9 Å². The van der Waals surface area contributed by atoms with Gasteiger partial charge in [0.15, 0.2) is 0 Å². The minimum absolute atomic E-state index is 0.0251. The van der Waals surface area contributed by atoms with E-state index < -0.39 is 0 Å². The normalized spacial score (nSPS) is 21.3. The van der Waals surface area contributed by atoms with Gasteiger partial charge in [-0.2, -0.15) is 5.10 Å². The summed E-state index contributed by atoms with van der Waals surface area (Å²) in [5.74, 6) is 0. The number of rotatable bonds is 5. The van der Waals surface area contributed by atoms with Crippen LogP contribution < -0.4 is 15.5 Å². The third-order valence-electron chi connectivity index (χ3n) is 7.83. The third-order valence-corrected chi connectivity index (χ3v) is 7.83. The zero-order valence-corrected chi connectivity index (χ0v) is 22.9. The Kier molecular flexibility index (Phi) is 7.14. The number of amides is 2. The summed E-state index contributed by atoms with van der Waals surface area (Å²) in [5.41, 5.74) is 5.88. The largest absolute Gasteiger partial charge is 0.366 e. The van der Waals surface area contributed by atoms with Crippen molar-refractivity contribution in [2.45, 2.75) is 52.2 Å². The van der Waals surface area contributed by atoms with Gasteiger partial charge in [0.05, 0.1) is 16.7 Å². The zero-order valence-electron chi connectivity index (χ0n) is 22.9. The molecule has 0 unspecified atom stereocenters. The lowest BCUT2D eigenvalue weighted by Gasteiger charge is -2.43. The number of fused-ring (bicyclic) bond motifs is 1. The van der Waals surface area contributed by atoms with Crippen molar-refractivity contribution in [2.75, 3.05) is 50.7 Å². The molecular formula is C29H41N7O. The molecule has 1 aromatic carbocycles. The predicted octanol–water partition coefficient (Wildman–Crippen LogP) is 3.77. The Balaban J connectivity index is 1.33. The lowest BCUT2D eigenvalue weighted by Crippen LogP contribution is -2.58. The van der Waals surface area contributed by atoms with E-state index in [-0.39, 0.29) is 17.6 Å². The van der Waals surface area contributed by atoms with Gasteiger partial charge in [-0.15, -0.1) is 0 Å². The maximum absolute atomic E-state index is 12.4. The second-order valence-corrected chi connectivity index (χ2v) is 11.3. The number of anilines is 1. The summed E-state index contributed by atoms with van der Waals surface area (Å²) < 4.78 is 1.97. The van der Waals surface area contributed by atoms with Crippen molar-refractivity contribution in [1.82, 2.24) is 30.0 Å². The Morgan fingerprint density at radius 2 is 1.73 bits per heavy atom. The van der Waals surface area contributed by atoms with Gasteiger partial charge in [-0.1, -0.05) is 24.3 Å². The molecule has 2 N–H and O–H groups in total. The van der Waals surface area contributed by atoms with Gasteiger partial charge in [0.2, 0.25) is 0 Å². The minimum Gasteiger partial charge on any atom is -0.366 e. The average molecular weight is 504 g/mol. The number of hydrogen-bond donors (Lipinski definition) is 2. The van der Waals surface area contributed by atoms with Gasteiger partial charge in [0, 0.05) is 75.9 Å². The number of nitrogens with zero attached hydrogens (tertiary/aromatic N) is 5. The van der Waals surface area contributed by atoms with Crippen LogP contribution >= 0.6 is 0 Å². The molecule has 8 heteroatoms. The summed E-state index contributed by atoms with van der Waals surface area (Å²) in [6.07, 6.45) is 3.98. The van der Waals surface area contributed by atoms with Crippen LogP contribution in [-0.4, -0.2) is 83.3 Å². The molecular weight excluding hydrogens is 462 g/mol. The number of benzene rings is 1. The maximum atomic E-state index is 12.4. The first-order valence-electron chi connectivity index (χ1n) is 13.6. The Hall–Kier alpha value is -3.10. The molecule has 0 aliphatic carbocycles. The fraction of sp³-hybridized carbons (Fsp3) is 0.517. The molecule has 8 nitrogen and oxygen atoms in total. The van der Waals surface area contributed by atoms with Gasteiger partial charge in [-0.25, -0.2) is 9.31 Å². The lowest BCUT2D eigenvalue weighted by molar-refractivity contribution is 0.114. The van der Waals surface area contributed by atoms with E-state index >= 15 is 0 Å². The summed E-state index contributed by atoms with van der Waals surface area (Å²) in [6.45, 7) is 17.0. The van der Waals surface area contributed by atoms with Crippen LogP contribution in [0.4, 0.5) is 10.5 Å². The Bertz CT molecular complexity index is 1230. The van der Waals surface area contributed by atoms with Crippen molar-refractivity contribution in [3.8, 4) is 11.1 Å². The lowest BCUT2D eigenvalue weighted by atomic mass is 9.88. The Labute approximate surface area is 220 Å². The second-order valence-electron chi connectivity index (χ2n) is 11.3. The molecule has 0 bridgehead atoms. The molecule has 4 heterocycles. The monoisotopic (exact) mass is 503 g/mol. The molecule has 198 valence electrons. The number of carbonyl (C=O) groups excluding carboxylic acids is 1. The van der Waals surface area contributed by atoms with Gasteiger partial charge in [0.25, 0.3) is 0 Å². The molecule has 2 aliphatic heterocycles. The summed E-state index contributed by atoms with van der Waals surface area (Å²) in [5, 5.41) is 11.3. The van der Waals surface area contributed by atoms with E-state index in [1.54, 1.807) is 0 Å². The number of urea groups is 1. The standard InChI is InChI=1S/C29H41N7O/c1-21(2)32-28(37)34-16-14-33(15-17-34)26-10-11-31-36-19-24(18-27(26)36)23-6-8-25(9-7-23)29(5)20-35(22(3)4)13-12-30-29/h6-11,18-19,21-22,30H,12-17,20H2,1-5H3,(H,32,37)/t29-/m1/s1. The molecule has 2 saturated heterocycles. The topological polar surface area (TPSA) is 68.2 Å². The van der Waals surface area contributed by atoms with Crippen molar-refractivity contribution in [2.24, 2.45) is 0 Å². The van der Waals surface area contributed by atoms with Crippen LogP contribution in [0.3, 0.4) is 0 Å². The van der Waals surface area contributed by atoms with Crippen LogP contribution in [0.2, 0.25) is 0 Å². The Morgan fingerprint density at radius 1 is 1.00 bits per heavy atom. The van der Waals surface area contributed by atoms with Gasteiger partial charge in [0.1, 0.15) is 0 Å². The highest BCUT2D eigenvalue weighted by molar-refractivity contribution is 5.80. The molecule has 0 spiro atoms. The smallest absolute Gasteiger partial charge is 0.317 e. The number of carbonyl (C=O) groups is 1. The van der Waals surface area contributed by atoms with E-state index in [2.05, 4.69) is 88.9 Å². The van der Waals surface area contributed by atoms with Crippen LogP contribution in [0.5, 0.6) is 0 Å². The summed E-state index contributed by atoms with van der Waals surface area (Å²) in [4.78, 5) is 19.2. The highest BCUT2D eigenvalue weighted by Gasteiger charge is 2.33. The summed E-state index contributed by atoms with van der Waals surface area (Å²) in [6, 6.07) is 14.0. The minimum atomic E-state index is -0.0462. The van der Waals surface area contributed by atoms with E-state index in [9.17, 15) is 4.79 Å². The first-order chi connectivity index (χ1) is 17.7. The first kappa shape index (κ1) is 25.5. The molecule has 2 amide bonds. The van der Waals surface area contributed by atoms with E-state index in [4.69, 9.17) is 0 Å². The second kappa shape index (κ2) is 10.3. The van der Waals surface area contributed by atoms with Crippen molar-refractivity contribution in [3.63, 3.8) is 0 Å². The predicted molar refractivity (Wildman–Crippen MR) is 150 cm³/mol. The Morgan fingerprint density at radius 3 is 2.41 bits per heavy atom. The molecule has 2 aromatic heterocycles. The first-order valence-corrected chi connectivity index (χ1v) is 13.6. The van der Waals surface area contributed by atoms with E-state index in [0.717, 1.165) is 49.5 Å². The van der Waals surface area contributed by atoms with Gasteiger partial charge < -0.3 is 20.4 Å². The van der Waals surface area contributed by atoms with Crippen LogP contribution in [-0.2, 0) is 5.54 Å². The third kappa shape index (κ3) is 5.31. The van der Waals surface area contributed by atoms with Crippen LogP contribution in [0.25, 0.3) is 16.6 Å². The molecule has 0 saturated carbocycles. The van der Waals surface area contributed by atoms with Crippen LogP contribution in [0.1, 0.15) is 40.2 Å². The summed E-state index contributed by atoms with van der Waals surface area (Å²) >= 11 is 0. The fourth-order valence-corrected chi connectivity index (χ4v) is 5.60. The molecule has 2 fully saturated rings. The molecule has 5 rings (SSSR count). The maximum Gasteiger partial charge on any atom is 0.317 e. The number of hydrogen-bond acceptors (Lipinski definition) is 5. The van der Waals surface area contributed by atoms with E-state index in [1.165, 1.54) is 11.1 Å². The molecule has 0 radical (unpaired) electrons. The summed E-state index contributed by atoms with van der Waals surface area (Å²) in [7, 11) is 0. The molecule has 37 heavy (non-hydrogen) atoms. The van der Waals surface area contributed by atoms with Crippen LogP contribution in [0, 0.1) is 0 Å². The van der Waals surface area contributed by atoms with E-state index in [0.29, 0.717) is 19.1 Å². The van der Waals surface area contributed by atoms with Crippen molar-refractivity contribution < 1.29 is 4.79 Å². The van der Waals surface area contributed by atoms with E-state index in [1.807, 2.05) is 29.5 Å². The highest BCUT2D eigenvalue weighted by atomic mass is 16.2. The number of nitrogens with one attached hydrogen (secondary N) is 2. The van der Waals surface area contributed by atoms with Gasteiger partial charge in [-0.3, -0.25) is 4.90 Å². The van der Waals surface area contributed by atoms with Crippen molar-refractivity contribution in [3.05, 3.63) is 54.4 Å². The number of aromatic nitrogens is 2. The average Bonchev–Trinajstić information content (AvgIpc) is 3.33. The quantitative estimate of drug-likeness (QED) is 0.555. The fourth-order valence-electron chi connectivity index (χ4n) is 5.60. The highest BCUT2D eigenvalue weighted by Crippen LogP contribution is 2.31. The molecule has 1 atom stereocenters. The number of piperazine rings is 2. The van der Waals surface area contributed by atoms with Crippen molar-refractivity contribution in [1.29, 1.82) is 0 Å². The molecule has 2 aliphatic rings. The SMILES string of the molecule is CC(C)NC(=O)N1CCN(c2ccnn3cc(-c4ccc([C@@]5(C)CN(C(C)C)CCN5)cc4)cc23)CC1. The van der Waals surface area contributed by atoms with Crippen molar-refractivity contribution >= 4 is 17.2 Å².